The zero-order valence-electron chi connectivity index (χ0n) is 10.7. The van der Waals surface area contributed by atoms with Crippen molar-refractivity contribution in [3.63, 3.8) is 0 Å². The zero-order chi connectivity index (χ0) is 12.5. The second-order valence-electron chi connectivity index (χ2n) is 5.34. The van der Waals surface area contributed by atoms with E-state index in [2.05, 4.69) is 0 Å². The van der Waals surface area contributed by atoms with E-state index in [0.29, 0.717) is 5.56 Å². The molecule has 2 atom stereocenters. The van der Waals surface area contributed by atoms with Gasteiger partial charge < -0.3 is 10.8 Å². The fraction of sp³-hybridized carbons (Fsp3) is 0.538. The van der Waals surface area contributed by atoms with Gasteiger partial charge in [0.15, 0.2) is 0 Å². The van der Waals surface area contributed by atoms with Crippen molar-refractivity contribution in [1.82, 2.24) is 0 Å². The van der Waals surface area contributed by atoms with Crippen LogP contribution in [0.15, 0.2) is 18.2 Å². The van der Waals surface area contributed by atoms with Crippen molar-refractivity contribution < 1.29 is 9.50 Å². The Labute approximate surface area is 108 Å². The van der Waals surface area contributed by atoms with Gasteiger partial charge in [-0.2, -0.15) is 0 Å². The second-order valence-corrected chi connectivity index (χ2v) is 5.34. The number of aliphatic hydroxyl groups excluding tert-OH is 1. The predicted molar refractivity (Wildman–Crippen MR) is 70.8 cm³/mol. The molecule has 2 nitrogen and oxygen atoms in total. The van der Waals surface area contributed by atoms with E-state index in [-0.39, 0.29) is 23.6 Å². The van der Waals surface area contributed by atoms with Crippen molar-refractivity contribution in [3.8, 4) is 0 Å². The monoisotopic (exact) mass is 261 g/mol. The molecular weight excluding hydrogens is 241 g/mol. The molecule has 0 aromatic heterocycles. The molecule has 0 amide bonds. The highest BCUT2D eigenvalue weighted by Gasteiger charge is 2.29. The van der Waals surface area contributed by atoms with Crippen LogP contribution in [0.1, 0.15) is 37.9 Å². The first-order valence-electron chi connectivity index (χ1n) is 5.43. The molecule has 0 heterocycles. The zero-order valence-corrected chi connectivity index (χ0v) is 11.5. The van der Waals surface area contributed by atoms with Crippen LogP contribution in [0, 0.1) is 18.2 Å². The second kappa shape index (κ2) is 5.80. The van der Waals surface area contributed by atoms with Gasteiger partial charge in [0.2, 0.25) is 0 Å². The van der Waals surface area contributed by atoms with Gasteiger partial charge in [0.05, 0.1) is 12.1 Å². The molecule has 0 aliphatic heterocycles. The van der Waals surface area contributed by atoms with Crippen LogP contribution in [-0.4, -0.2) is 11.2 Å². The molecule has 1 aromatic rings. The molecular formula is C13H21ClFNO. The molecule has 1 rings (SSSR count). The summed E-state index contributed by atoms with van der Waals surface area (Å²) < 4.78 is 13.1. The molecule has 0 radical (unpaired) electrons. The number of hydrogen-bond acceptors (Lipinski definition) is 2. The Hall–Kier alpha value is -0.640. The summed E-state index contributed by atoms with van der Waals surface area (Å²) in [5.74, 6) is -0.322. The molecule has 0 bridgehead atoms. The average molecular weight is 262 g/mol. The Morgan fingerprint density at radius 1 is 1.29 bits per heavy atom. The van der Waals surface area contributed by atoms with Gasteiger partial charge in [0, 0.05) is 0 Å². The Morgan fingerprint density at radius 3 is 2.29 bits per heavy atom. The topological polar surface area (TPSA) is 46.2 Å². The summed E-state index contributed by atoms with van der Waals surface area (Å²) in [7, 11) is 0. The van der Waals surface area contributed by atoms with E-state index in [1.165, 1.54) is 12.1 Å². The summed E-state index contributed by atoms with van der Waals surface area (Å²) in [4.78, 5) is 0. The Morgan fingerprint density at radius 2 is 1.82 bits per heavy atom. The van der Waals surface area contributed by atoms with Gasteiger partial charge in [-0.25, -0.2) is 4.39 Å². The largest absolute Gasteiger partial charge is 0.391 e. The van der Waals surface area contributed by atoms with Crippen molar-refractivity contribution in [2.45, 2.75) is 39.8 Å². The first-order chi connectivity index (χ1) is 7.23. The van der Waals surface area contributed by atoms with Crippen molar-refractivity contribution in [2.24, 2.45) is 11.1 Å². The molecule has 0 saturated heterocycles. The molecule has 0 spiro atoms. The summed E-state index contributed by atoms with van der Waals surface area (Å²) in [5, 5.41) is 10.1. The Balaban J connectivity index is 0.00000256. The van der Waals surface area contributed by atoms with Crippen LogP contribution in [0.25, 0.3) is 0 Å². The number of benzene rings is 1. The van der Waals surface area contributed by atoms with Gasteiger partial charge in [-0.3, -0.25) is 0 Å². The van der Waals surface area contributed by atoms with Crippen LogP contribution >= 0.6 is 12.4 Å². The van der Waals surface area contributed by atoms with E-state index in [9.17, 15) is 9.50 Å². The minimum atomic E-state index is -0.701. The van der Waals surface area contributed by atoms with E-state index < -0.39 is 12.1 Å². The lowest BCUT2D eigenvalue weighted by molar-refractivity contribution is 0.0399. The Bertz CT molecular complexity index is 376. The van der Waals surface area contributed by atoms with Crippen LogP contribution in [0.5, 0.6) is 0 Å². The molecule has 4 heteroatoms. The number of rotatable bonds is 2. The third-order valence-electron chi connectivity index (χ3n) is 2.83. The maximum atomic E-state index is 13.1. The normalized spacial score (nSPS) is 15.0. The van der Waals surface area contributed by atoms with Gasteiger partial charge in [-0.05, 0) is 35.6 Å². The third kappa shape index (κ3) is 3.95. The van der Waals surface area contributed by atoms with E-state index in [1.54, 1.807) is 6.07 Å². The lowest BCUT2D eigenvalue weighted by Crippen LogP contribution is -2.37. The SMILES string of the molecule is Cc1ccc(F)cc1[C@@H](N)[C@@H](O)C(C)(C)C.Cl. The molecule has 0 fully saturated rings. The standard InChI is InChI=1S/C13H20FNO.ClH/c1-8-5-6-9(14)7-10(8)11(15)12(16)13(2,3)4;/h5-7,11-12,16H,15H2,1-4H3;1H/t11-,12-;/m1./s1. The summed E-state index contributed by atoms with van der Waals surface area (Å²) >= 11 is 0. The molecule has 0 aliphatic rings. The first-order valence-corrected chi connectivity index (χ1v) is 5.43. The van der Waals surface area contributed by atoms with E-state index in [1.807, 2.05) is 27.7 Å². The summed E-state index contributed by atoms with van der Waals surface area (Å²) in [6.07, 6.45) is -0.701. The van der Waals surface area contributed by atoms with Crippen molar-refractivity contribution in [3.05, 3.63) is 35.1 Å². The van der Waals surface area contributed by atoms with Crippen molar-refractivity contribution in [1.29, 1.82) is 0 Å². The van der Waals surface area contributed by atoms with Crippen LogP contribution < -0.4 is 5.73 Å². The molecule has 1 aromatic carbocycles. The summed E-state index contributed by atoms with van der Waals surface area (Å²) in [5.41, 5.74) is 7.23. The maximum Gasteiger partial charge on any atom is 0.123 e. The highest BCUT2D eigenvalue weighted by molar-refractivity contribution is 5.85. The van der Waals surface area contributed by atoms with Gasteiger partial charge >= 0.3 is 0 Å². The fourth-order valence-electron chi connectivity index (χ4n) is 1.68. The summed E-state index contributed by atoms with van der Waals surface area (Å²) in [6, 6.07) is 3.92. The molecule has 0 aliphatic carbocycles. The van der Waals surface area contributed by atoms with Gasteiger partial charge in [-0.1, -0.05) is 26.8 Å². The molecule has 98 valence electrons. The van der Waals surface area contributed by atoms with Crippen LogP contribution in [0.2, 0.25) is 0 Å². The van der Waals surface area contributed by atoms with Gasteiger partial charge in [0.25, 0.3) is 0 Å². The third-order valence-corrected chi connectivity index (χ3v) is 2.83. The highest BCUT2D eigenvalue weighted by atomic mass is 35.5. The fourth-order valence-corrected chi connectivity index (χ4v) is 1.68. The molecule has 0 unspecified atom stereocenters. The lowest BCUT2D eigenvalue weighted by atomic mass is 9.81. The van der Waals surface area contributed by atoms with Gasteiger partial charge in [0.1, 0.15) is 5.82 Å². The van der Waals surface area contributed by atoms with Crippen LogP contribution in [0.3, 0.4) is 0 Å². The minimum Gasteiger partial charge on any atom is -0.391 e. The number of hydrogen-bond donors (Lipinski definition) is 2. The smallest absolute Gasteiger partial charge is 0.123 e. The average Bonchev–Trinajstić information content (AvgIpc) is 2.18. The highest BCUT2D eigenvalue weighted by Crippen LogP contribution is 2.30. The molecule has 17 heavy (non-hydrogen) atoms. The van der Waals surface area contributed by atoms with Gasteiger partial charge in [-0.15, -0.1) is 12.4 Å². The number of aryl methyl sites for hydroxylation is 1. The van der Waals surface area contributed by atoms with Crippen molar-refractivity contribution >= 4 is 12.4 Å². The number of halogens is 2. The van der Waals surface area contributed by atoms with Crippen LogP contribution in [-0.2, 0) is 0 Å². The molecule has 3 N–H and O–H groups in total. The lowest BCUT2D eigenvalue weighted by Gasteiger charge is -2.31. The van der Waals surface area contributed by atoms with Crippen molar-refractivity contribution in [2.75, 3.05) is 0 Å². The van der Waals surface area contributed by atoms with Crippen LogP contribution in [0.4, 0.5) is 4.39 Å². The Kier molecular flexibility index (Phi) is 5.59. The number of nitrogens with two attached hydrogens (primary N) is 1. The van der Waals surface area contributed by atoms with E-state index in [0.717, 1.165) is 5.56 Å². The minimum absolute atomic E-state index is 0. The maximum absolute atomic E-state index is 13.1. The predicted octanol–water partition coefficient (Wildman–Crippen LogP) is 2.96. The quantitative estimate of drug-likeness (QED) is 0.860. The number of aliphatic hydroxyl groups is 1. The van der Waals surface area contributed by atoms with E-state index >= 15 is 0 Å². The first kappa shape index (κ1) is 16.4. The molecule has 0 saturated carbocycles. The summed E-state index contributed by atoms with van der Waals surface area (Å²) in [6.45, 7) is 7.59. The van der Waals surface area contributed by atoms with E-state index in [4.69, 9.17) is 5.73 Å².